The maximum Gasteiger partial charge on any atom is 0.446 e. The third-order valence-corrected chi connectivity index (χ3v) is 9.85. The SMILES string of the molecule is CCCC[N+](CCCC)(CCCC)CCCC.O=C(N[C@@H](Cc1ccc(OS(=O)(=O)O)cc1)C(=O)O)OCC1c2ccccc2-c2ccccc21. The van der Waals surface area contributed by atoms with Crippen LogP contribution in [0.5, 0.6) is 5.75 Å². The maximum absolute atomic E-state index is 12.4. The maximum atomic E-state index is 12.4. The fourth-order valence-corrected chi connectivity index (χ4v) is 7.02. The first kappa shape index (κ1) is 41.5. The fraction of sp³-hybridized carbons (Fsp3) is 0.500. The van der Waals surface area contributed by atoms with Crippen molar-refractivity contribution in [3.8, 4) is 16.9 Å². The number of carboxylic acid groups (broad SMARTS) is 1. The van der Waals surface area contributed by atoms with Gasteiger partial charge in [-0.3, -0.25) is 4.55 Å². The molecule has 280 valence electrons. The van der Waals surface area contributed by atoms with Crippen LogP contribution < -0.4 is 9.50 Å². The number of carbonyl (C=O) groups excluding carboxylic acids is 1. The highest BCUT2D eigenvalue weighted by molar-refractivity contribution is 7.81. The molecule has 11 heteroatoms. The first-order valence-corrected chi connectivity index (χ1v) is 19.8. The topological polar surface area (TPSA) is 139 Å². The summed E-state index contributed by atoms with van der Waals surface area (Å²) in [5, 5.41) is 11.9. The molecule has 1 atom stereocenters. The number of fused-ring (bicyclic) bond motifs is 3. The van der Waals surface area contributed by atoms with Gasteiger partial charge in [0.25, 0.3) is 0 Å². The van der Waals surface area contributed by atoms with Crippen LogP contribution in [0.3, 0.4) is 0 Å². The molecule has 0 unspecified atom stereocenters. The smallest absolute Gasteiger partial charge is 0.446 e. The van der Waals surface area contributed by atoms with Crippen LogP contribution in [-0.4, -0.2) is 73.5 Å². The summed E-state index contributed by atoms with van der Waals surface area (Å²) in [6.07, 6.45) is 10.1. The molecule has 3 aromatic rings. The zero-order valence-electron chi connectivity index (χ0n) is 30.7. The fourth-order valence-electron chi connectivity index (χ4n) is 6.67. The van der Waals surface area contributed by atoms with Crippen molar-refractivity contribution in [2.75, 3.05) is 32.8 Å². The molecule has 0 saturated carbocycles. The van der Waals surface area contributed by atoms with E-state index in [2.05, 4.69) is 37.2 Å². The lowest BCUT2D eigenvalue weighted by Crippen LogP contribution is -2.50. The van der Waals surface area contributed by atoms with Gasteiger partial charge in [-0.2, -0.15) is 8.42 Å². The Balaban J connectivity index is 0.000000351. The third-order valence-electron chi connectivity index (χ3n) is 9.44. The lowest BCUT2D eigenvalue weighted by atomic mass is 9.98. The van der Waals surface area contributed by atoms with Crippen LogP contribution in [0, 0.1) is 0 Å². The largest absolute Gasteiger partial charge is 0.480 e. The van der Waals surface area contributed by atoms with Gasteiger partial charge in [0.2, 0.25) is 0 Å². The normalized spacial score (nSPS) is 13.0. The number of nitrogens with zero attached hydrogens (tertiary/aromatic N) is 1. The third kappa shape index (κ3) is 13.3. The standard InChI is InChI=1S/C24H21NO8S.C16H36N/c26-23(27)22(13-15-9-11-16(12-10-15)33-34(29,30)31)25-24(28)32-14-21-19-7-3-1-5-17(19)18-6-2-4-8-20(18)21;1-5-9-13-17(14-10-6-2,15-11-7-3)16-12-8-4/h1-12,21-22H,13-14H2,(H,25,28)(H,26,27)(H,29,30,31);5-16H2,1-4H3/q;+1/t22-;/m0./s1. The summed E-state index contributed by atoms with van der Waals surface area (Å²) < 4.78 is 41.4. The molecule has 0 aliphatic heterocycles. The average Bonchev–Trinajstić information content (AvgIpc) is 3.43. The molecule has 1 amide bonds. The van der Waals surface area contributed by atoms with E-state index >= 15 is 0 Å². The molecule has 3 aromatic carbocycles. The minimum absolute atomic E-state index is 0.0495. The van der Waals surface area contributed by atoms with Gasteiger partial charge in [-0.05, 0) is 65.6 Å². The molecule has 0 bridgehead atoms. The van der Waals surface area contributed by atoms with Crippen LogP contribution in [0.4, 0.5) is 4.79 Å². The van der Waals surface area contributed by atoms with E-state index in [1.165, 1.54) is 106 Å². The number of ether oxygens (including phenoxy) is 1. The second-order valence-corrected chi connectivity index (χ2v) is 14.4. The van der Waals surface area contributed by atoms with Crippen molar-refractivity contribution in [3.05, 3.63) is 89.5 Å². The number of hydrogen-bond acceptors (Lipinski definition) is 6. The number of nitrogens with one attached hydrogen (secondary N) is 1. The number of rotatable bonds is 20. The number of benzene rings is 3. The quantitative estimate of drug-likeness (QED) is 0.0780. The summed E-state index contributed by atoms with van der Waals surface area (Å²) in [7, 11) is -4.66. The molecule has 0 saturated heterocycles. The first-order valence-electron chi connectivity index (χ1n) is 18.4. The second kappa shape index (κ2) is 20.8. The van der Waals surface area contributed by atoms with Crippen LogP contribution in [0.1, 0.15) is 102 Å². The molecule has 51 heavy (non-hydrogen) atoms. The Labute approximate surface area is 304 Å². The molecule has 10 nitrogen and oxygen atoms in total. The minimum Gasteiger partial charge on any atom is -0.480 e. The Hall–Kier alpha value is -3.93. The minimum atomic E-state index is -4.66. The van der Waals surface area contributed by atoms with Gasteiger partial charge in [-0.15, -0.1) is 0 Å². The Morgan fingerprint density at radius 2 is 1.20 bits per heavy atom. The lowest BCUT2D eigenvalue weighted by molar-refractivity contribution is -0.929. The van der Waals surface area contributed by atoms with Crippen molar-refractivity contribution in [3.63, 3.8) is 0 Å². The molecule has 0 aromatic heterocycles. The van der Waals surface area contributed by atoms with E-state index in [1.54, 1.807) is 0 Å². The van der Waals surface area contributed by atoms with Crippen LogP contribution in [0.25, 0.3) is 11.1 Å². The van der Waals surface area contributed by atoms with E-state index < -0.39 is 28.5 Å². The van der Waals surface area contributed by atoms with Gasteiger partial charge < -0.3 is 23.8 Å². The Kier molecular flexibility index (Phi) is 16.9. The van der Waals surface area contributed by atoms with E-state index in [1.807, 2.05) is 48.5 Å². The van der Waals surface area contributed by atoms with Gasteiger partial charge >= 0.3 is 22.5 Å². The lowest BCUT2D eigenvalue weighted by Gasteiger charge is -2.39. The van der Waals surface area contributed by atoms with E-state index in [0.29, 0.717) is 5.56 Å². The monoisotopic (exact) mass is 725 g/mol. The zero-order valence-corrected chi connectivity index (χ0v) is 31.5. The number of unbranched alkanes of at least 4 members (excludes halogenated alkanes) is 4. The number of carbonyl (C=O) groups is 2. The highest BCUT2D eigenvalue weighted by atomic mass is 32.3. The van der Waals surface area contributed by atoms with Crippen LogP contribution in [0.2, 0.25) is 0 Å². The number of alkyl carbamates (subject to hydrolysis) is 1. The van der Waals surface area contributed by atoms with Crippen molar-refractivity contribution in [2.24, 2.45) is 0 Å². The summed E-state index contributed by atoms with van der Waals surface area (Å²) in [4.78, 5) is 24.1. The van der Waals surface area contributed by atoms with E-state index in [-0.39, 0.29) is 24.7 Å². The molecule has 0 fully saturated rings. The Bertz CT molecular complexity index is 1540. The predicted molar refractivity (Wildman–Crippen MR) is 201 cm³/mol. The number of carboxylic acids is 1. The molecular formula is C40H57N2O8S+. The molecule has 0 radical (unpaired) electrons. The van der Waals surface area contributed by atoms with Crippen molar-refractivity contribution in [1.82, 2.24) is 5.32 Å². The molecular weight excluding hydrogens is 669 g/mol. The molecule has 1 aliphatic rings. The first-order chi connectivity index (χ1) is 24.5. The van der Waals surface area contributed by atoms with Crippen molar-refractivity contribution in [1.29, 1.82) is 0 Å². The summed E-state index contributed by atoms with van der Waals surface area (Å²) in [5.74, 6) is -1.55. The van der Waals surface area contributed by atoms with Gasteiger partial charge in [0.05, 0.1) is 26.2 Å². The molecule has 0 heterocycles. The van der Waals surface area contributed by atoms with Crippen molar-refractivity contribution >= 4 is 22.5 Å². The number of hydrogen-bond donors (Lipinski definition) is 3. The summed E-state index contributed by atoms with van der Waals surface area (Å²) in [6.45, 7) is 15.1. The number of aliphatic carboxylic acids is 1. The Morgan fingerprint density at radius 1 is 0.745 bits per heavy atom. The second-order valence-electron chi connectivity index (χ2n) is 13.4. The van der Waals surface area contributed by atoms with Gasteiger partial charge in [-0.1, -0.05) is 114 Å². The van der Waals surface area contributed by atoms with E-state index in [9.17, 15) is 23.1 Å². The number of amides is 1. The van der Waals surface area contributed by atoms with Crippen LogP contribution >= 0.6 is 0 Å². The van der Waals surface area contributed by atoms with Crippen molar-refractivity contribution in [2.45, 2.75) is 97.4 Å². The Morgan fingerprint density at radius 3 is 1.61 bits per heavy atom. The van der Waals surface area contributed by atoms with Crippen LogP contribution in [0.15, 0.2) is 72.8 Å². The predicted octanol–water partition coefficient (Wildman–Crippen LogP) is 8.41. The molecule has 0 spiro atoms. The zero-order chi connectivity index (χ0) is 37.3. The summed E-state index contributed by atoms with van der Waals surface area (Å²) in [6, 6.07) is 19.8. The van der Waals surface area contributed by atoms with Gasteiger partial charge in [-0.25, -0.2) is 9.59 Å². The van der Waals surface area contributed by atoms with Gasteiger partial charge in [0.15, 0.2) is 0 Å². The summed E-state index contributed by atoms with van der Waals surface area (Å²) >= 11 is 0. The van der Waals surface area contributed by atoms with Gasteiger partial charge in [0.1, 0.15) is 18.4 Å². The average molecular weight is 726 g/mol. The molecule has 3 N–H and O–H groups in total. The summed E-state index contributed by atoms with van der Waals surface area (Å²) in [5.41, 5.74) is 4.74. The van der Waals surface area contributed by atoms with E-state index in [4.69, 9.17) is 9.29 Å². The highest BCUT2D eigenvalue weighted by Gasteiger charge is 2.30. The van der Waals surface area contributed by atoms with E-state index in [0.717, 1.165) is 22.3 Å². The number of quaternary nitrogens is 1. The molecule has 4 rings (SSSR count). The van der Waals surface area contributed by atoms with Gasteiger partial charge in [0, 0.05) is 12.3 Å². The highest BCUT2D eigenvalue weighted by Crippen LogP contribution is 2.44. The van der Waals surface area contributed by atoms with Crippen molar-refractivity contribution < 1.29 is 41.1 Å². The molecule has 1 aliphatic carbocycles. The van der Waals surface area contributed by atoms with Crippen LogP contribution in [-0.2, 0) is 26.4 Å².